The molecule has 6 heteroatoms. The number of aromatic nitrogens is 2. The Bertz CT molecular complexity index is 810. The molecule has 1 aromatic carbocycles. The minimum absolute atomic E-state index is 0.0139. The molecule has 2 aliphatic rings. The van der Waals surface area contributed by atoms with Gasteiger partial charge in [0.15, 0.2) is 0 Å². The van der Waals surface area contributed by atoms with Gasteiger partial charge in [0.25, 0.3) is 5.91 Å². The van der Waals surface area contributed by atoms with Crippen molar-refractivity contribution in [2.45, 2.75) is 44.2 Å². The highest BCUT2D eigenvalue weighted by atomic mass is 16.2. The largest absolute Gasteiger partial charge is 0.337 e. The second-order valence-electron chi connectivity index (χ2n) is 7.03. The number of H-pyrrole nitrogens is 1. The third kappa shape index (κ3) is 2.55. The molecule has 0 radical (unpaired) electrons. The van der Waals surface area contributed by atoms with Gasteiger partial charge in [0.1, 0.15) is 0 Å². The number of likely N-dealkylation sites (N-methyl/N-ethyl adjacent to an activating group) is 1. The van der Waals surface area contributed by atoms with Gasteiger partial charge < -0.3 is 15.2 Å². The van der Waals surface area contributed by atoms with Crippen molar-refractivity contribution in [2.75, 3.05) is 20.1 Å². The molecule has 1 aliphatic carbocycles. The monoisotopic (exact) mass is 328 g/mol. The highest BCUT2D eigenvalue weighted by Crippen LogP contribution is 2.30. The quantitative estimate of drug-likeness (QED) is 0.904. The van der Waals surface area contributed by atoms with Gasteiger partial charge >= 0.3 is 5.69 Å². The van der Waals surface area contributed by atoms with Crippen LogP contribution in [0.5, 0.6) is 0 Å². The Morgan fingerprint density at radius 2 is 2.04 bits per heavy atom. The number of nitrogens with zero attached hydrogens (tertiary/aromatic N) is 2. The van der Waals surface area contributed by atoms with Crippen molar-refractivity contribution in [1.29, 1.82) is 0 Å². The summed E-state index contributed by atoms with van der Waals surface area (Å²) in [5.74, 6) is 0.0139. The lowest BCUT2D eigenvalue weighted by Gasteiger charge is -2.23. The molecule has 4 rings (SSSR count). The number of imidazole rings is 1. The molecule has 2 N–H and O–H groups in total. The fourth-order valence-corrected chi connectivity index (χ4v) is 4.13. The summed E-state index contributed by atoms with van der Waals surface area (Å²) in [6, 6.07) is 6.13. The summed E-state index contributed by atoms with van der Waals surface area (Å²) in [4.78, 5) is 29.8. The normalized spacial score (nSPS) is 21.6. The van der Waals surface area contributed by atoms with Crippen LogP contribution in [0.15, 0.2) is 23.0 Å². The average Bonchev–Trinajstić information content (AvgIpc) is 3.32. The lowest BCUT2D eigenvalue weighted by Crippen LogP contribution is -2.38. The topological polar surface area (TPSA) is 70.1 Å². The zero-order valence-corrected chi connectivity index (χ0v) is 14.0. The molecule has 1 saturated heterocycles. The third-order valence-corrected chi connectivity index (χ3v) is 5.56. The molecule has 128 valence electrons. The van der Waals surface area contributed by atoms with Crippen molar-refractivity contribution >= 4 is 16.9 Å². The van der Waals surface area contributed by atoms with Gasteiger partial charge in [0.2, 0.25) is 0 Å². The van der Waals surface area contributed by atoms with Crippen LogP contribution in [-0.4, -0.2) is 46.5 Å². The Labute approximate surface area is 140 Å². The molecular weight excluding hydrogens is 304 g/mol. The molecule has 2 heterocycles. The van der Waals surface area contributed by atoms with Crippen molar-refractivity contribution < 1.29 is 4.79 Å². The van der Waals surface area contributed by atoms with E-state index in [9.17, 15) is 9.59 Å². The van der Waals surface area contributed by atoms with E-state index in [-0.39, 0.29) is 17.6 Å². The molecular formula is C18H24N4O2. The average molecular weight is 328 g/mol. The highest BCUT2D eigenvalue weighted by molar-refractivity contribution is 5.97. The molecule has 6 nitrogen and oxygen atoms in total. The standard InChI is InChI=1S/C18H24N4O2/c1-21(14-8-9-19-11-14)17(23)12-6-7-16-15(10-12)20-18(24)22(16)13-4-2-3-5-13/h6-7,10,13-14,19H,2-5,8-9,11H2,1H3,(H,20,24). The number of carbonyl (C=O) groups is 1. The SMILES string of the molecule is CN(C(=O)c1ccc2c(c1)[nH]c(=O)n2C1CCCC1)C1CCNC1. The van der Waals surface area contributed by atoms with Crippen LogP contribution in [0.2, 0.25) is 0 Å². The summed E-state index contributed by atoms with van der Waals surface area (Å²) in [5, 5.41) is 3.29. The van der Waals surface area contributed by atoms with Crippen LogP contribution in [0.25, 0.3) is 11.0 Å². The van der Waals surface area contributed by atoms with Crippen LogP contribution in [0.3, 0.4) is 0 Å². The minimum Gasteiger partial charge on any atom is -0.337 e. The van der Waals surface area contributed by atoms with Crippen LogP contribution in [0.1, 0.15) is 48.5 Å². The fraction of sp³-hybridized carbons (Fsp3) is 0.556. The van der Waals surface area contributed by atoms with E-state index in [2.05, 4.69) is 10.3 Å². The van der Waals surface area contributed by atoms with E-state index in [4.69, 9.17) is 0 Å². The smallest absolute Gasteiger partial charge is 0.326 e. The number of fused-ring (bicyclic) bond motifs is 1. The molecule has 1 aliphatic heterocycles. The van der Waals surface area contributed by atoms with E-state index in [1.807, 2.05) is 34.7 Å². The molecule has 2 fully saturated rings. The summed E-state index contributed by atoms with van der Waals surface area (Å²) in [7, 11) is 1.86. The maximum Gasteiger partial charge on any atom is 0.326 e. The van der Waals surface area contributed by atoms with Gasteiger partial charge in [-0.2, -0.15) is 0 Å². The van der Waals surface area contributed by atoms with Gasteiger partial charge in [-0.15, -0.1) is 0 Å². The maximum absolute atomic E-state index is 12.7. The number of hydrogen-bond acceptors (Lipinski definition) is 3. The zero-order chi connectivity index (χ0) is 16.7. The Morgan fingerprint density at radius 3 is 2.75 bits per heavy atom. The molecule has 2 aromatic rings. The second kappa shape index (κ2) is 6.09. The van der Waals surface area contributed by atoms with Crippen LogP contribution < -0.4 is 11.0 Å². The summed E-state index contributed by atoms with van der Waals surface area (Å²) in [6.45, 7) is 1.80. The third-order valence-electron chi connectivity index (χ3n) is 5.56. The van der Waals surface area contributed by atoms with Crippen LogP contribution >= 0.6 is 0 Å². The number of nitrogens with one attached hydrogen (secondary N) is 2. The van der Waals surface area contributed by atoms with Gasteiger partial charge in [-0.05, 0) is 44.0 Å². The van der Waals surface area contributed by atoms with E-state index in [0.29, 0.717) is 11.6 Å². The Hall–Kier alpha value is -2.08. The van der Waals surface area contributed by atoms with E-state index in [0.717, 1.165) is 43.4 Å². The van der Waals surface area contributed by atoms with Gasteiger partial charge in [0, 0.05) is 31.2 Å². The zero-order valence-electron chi connectivity index (χ0n) is 14.0. The summed E-state index contributed by atoms with van der Waals surface area (Å²) >= 11 is 0. The van der Waals surface area contributed by atoms with Gasteiger partial charge in [-0.1, -0.05) is 12.8 Å². The van der Waals surface area contributed by atoms with E-state index in [1.54, 1.807) is 0 Å². The van der Waals surface area contributed by atoms with Crippen LogP contribution in [-0.2, 0) is 0 Å². The Balaban J connectivity index is 1.66. The van der Waals surface area contributed by atoms with Crippen molar-refractivity contribution in [3.05, 3.63) is 34.2 Å². The number of rotatable bonds is 3. The van der Waals surface area contributed by atoms with Crippen molar-refractivity contribution in [3.63, 3.8) is 0 Å². The van der Waals surface area contributed by atoms with E-state index < -0.39 is 0 Å². The minimum atomic E-state index is -0.0603. The second-order valence-corrected chi connectivity index (χ2v) is 7.03. The first-order chi connectivity index (χ1) is 11.6. The highest BCUT2D eigenvalue weighted by Gasteiger charge is 2.25. The molecule has 1 saturated carbocycles. The first-order valence-electron chi connectivity index (χ1n) is 8.87. The summed E-state index contributed by atoms with van der Waals surface area (Å²) in [6.07, 6.45) is 5.47. The van der Waals surface area contributed by atoms with E-state index in [1.165, 1.54) is 12.8 Å². The van der Waals surface area contributed by atoms with Crippen LogP contribution in [0, 0.1) is 0 Å². The lowest BCUT2D eigenvalue weighted by molar-refractivity contribution is 0.0744. The molecule has 0 spiro atoms. The number of benzene rings is 1. The lowest BCUT2D eigenvalue weighted by atomic mass is 10.1. The predicted molar refractivity (Wildman–Crippen MR) is 93.4 cm³/mol. The molecule has 0 bridgehead atoms. The first-order valence-corrected chi connectivity index (χ1v) is 8.87. The number of carbonyl (C=O) groups excluding carboxylic acids is 1. The van der Waals surface area contributed by atoms with Gasteiger partial charge in [-0.3, -0.25) is 9.36 Å². The number of amides is 1. The molecule has 1 unspecified atom stereocenters. The van der Waals surface area contributed by atoms with Crippen molar-refractivity contribution in [2.24, 2.45) is 0 Å². The van der Waals surface area contributed by atoms with Crippen LogP contribution in [0.4, 0.5) is 0 Å². The maximum atomic E-state index is 12.7. The predicted octanol–water partition coefficient (Wildman–Crippen LogP) is 1.88. The number of aromatic amines is 1. The molecule has 1 amide bonds. The van der Waals surface area contributed by atoms with Crippen molar-refractivity contribution in [3.8, 4) is 0 Å². The Morgan fingerprint density at radius 1 is 1.25 bits per heavy atom. The molecule has 24 heavy (non-hydrogen) atoms. The van der Waals surface area contributed by atoms with E-state index >= 15 is 0 Å². The van der Waals surface area contributed by atoms with Crippen molar-refractivity contribution in [1.82, 2.24) is 19.8 Å². The summed E-state index contributed by atoms with van der Waals surface area (Å²) in [5.41, 5.74) is 2.25. The molecule has 1 aromatic heterocycles. The van der Waals surface area contributed by atoms with Gasteiger partial charge in [-0.25, -0.2) is 4.79 Å². The first kappa shape index (κ1) is 15.4. The molecule has 1 atom stereocenters. The Kier molecular flexibility index (Phi) is 3.92. The number of hydrogen-bond donors (Lipinski definition) is 2. The van der Waals surface area contributed by atoms with Gasteiger partial charge in [0.05, 0.1) is 11.0 Å². The summed E-state index contributed by atoms with van der Waals surface area (Å²) < 4.78 is 1.88. The fourth-order valence-electron chi connectivity index (χ4n) is 4.13.